The molecule has 2 nitrogen and oxygen atoms in total. The van der Waals surface area contributed by atoms with Gasteiger partial charge >= 0.3 is 0 Å². The van der Waals surface area contributed by atoms with Gasteiger partial charge in [0.15, 0.2) is 0 Å². The third kappa shape index (κ3) is 3.30. The molecular formula is C11H12F2N2. The van der Waals surface area contributed by atoms with Crippen molar-refractivity contribution in [3.63, 3.8) is 0 Å². The van der Waals surface area contributed by atoms with Crippen molar-refractivity contribution in [2.45, 2.75) is 25.9 Å². The molecule has 1 aromatic rings. The molecule has 0 aromatic heterocycles. The van der Waals surface area contributed by atoms with Crippen molar-refractivity contribution in [3.8, 4) is 6.07 Å². The summed E-state index contributed by atoms with van der Waals surface area (Å²) in [4.78, 5) is 0. The summed E-state index contributed by atoms with van der Waals surface area (Å²) in [5.74, 6) is -1.13. The van der Waals surface area contributed by atoms with Crippen molar-refractivity contribution in [2.24, 2.45) is 0 Å². The van der Waals surface area contributed by atoms with Crippen molar-refractivity contribution in [1.29, 1.82) is 5.26 Å². The van der Waals surface area contributed by atoms with E-state index in [0.717, 1.165) is 0 Å². The predicted molar refractivity (Wildman–Crippen MR) is 52.9 cm³/mol. The van der Waals surface area contributed by atoms with Gasteiger partial charge in [0.1, 0.15) is 11.6 Å². The molecule has 1 rings (SSSR count). The lowest BCUT2D eigenvalue weighted by Gasteiger charge is -2.11. The maximum absolute atomic E-state index is 13.1. The SMILES string of the molecule is CC(CC#N)NCc1c(F)cccc1F. The number of hydrogen-bond donors (Lipinski definition) is 1. The Hall–Kier alpha value is -1.47. The zero-order chi connectivity index (χ0) is 11.3. The fourth-order valence-corrected chi connectivity index (χ4v) is 1.19. The smallest absolute Gasteiger partial charge is 0.130 e. The molecule has 0 saturated carbocycles. The van der Waals surface area contributed by atoms with Gasteiger partial charge < -0.3 is 5.32 Å². The lowest BCUT2D eigenvalue weighted by molar-refractivity contribution is 0.503. The molecule has 0 bridgehead atoms. The second-order valence-electron chi connectivity index (χ2n) is 3.34. The van der Waals surface area contributed by atoms with Crippen molar-refractivity contribution >= 4 is 0 Å². The topological polar surface area (TPSA) is 35.8 Å². The summed E-state index contributed by atoms with van der Waals surface area (Å²) in [5, 5.41) is 11.3. The van der Waals surface area contributed by atoms with Gasteiger partial charge in [0.05, 0.1) is 12.5 Å². The maximum atomic E-state index is 13.1. The minimum Gasteiger partial charge on any atom is -0.309 e. The minimum atomic E-state index is -0.563. The number of hydrogen-bond acceptors (Lipinski definition) is 2. The van der Waals surface area contributed by atoms with Gasteiger partial charge in [-0.3, -0.25) is 0 Å². The zero-order valence-corrected chi connectivity index (χ0v) is 8.43. The van der Waals surface area contributed by atoms with E-state index < -0.39 is 11.6 Å². The first-order valence-electron chi connectivity index (χ1n) is 4.68. The number of nitrogens with zero attached hydrogens (tertiary/aromatic N) is 1. The average molecular weight is 210 g/mol. The van der Waals surface area contributed by atoms with E-state index in [1.807, 2.05) is 6.07 Å². The third-order valence-corrected chi connectivity index (χ3v) is 2.09. The quantitative estimate of drug-likeness (QED) is 0.828. The van der Waals surface area contributed by atoms with Crippen LogP contribution in [-0.2, 0) is 6.54 Å². The summed E-state index contributed by atoms with van der Waals surface area (Å²) in [6.45, 7) is 1.89. The van der Waals surface area contributed by atoms with Crippen molar-refractivity contribution in [1.82, 2.24) is 5.32 Å². The van der Waals surface area contributed by atoms with E-state index >= 15 is 0 Å². The molecule has 0 aliphatic carbocycles. The highest BCUT2D eigenvalue weighted by Crippen LogP contribution is 2.11. The molecule has 0 amide bonds. The van der Waals surface area contributed by atoms with E-state index in [4.69, 9.17) is 5.26 Å². The van der Waals surface area contributed by atoms with Gasteiger partial charge in [0.25, 0.3) is 0 Å². The second-order valence-corrected chi connectivity index (χ2v) is 3.34. The van der Waals surface area contributed by atoms with Crippen LogP contribution in [0.5, 0.6) is 0 Å². The standard InChI is InChI=1S/C11H12F2N2/c1-8(5-6-14)15-7-9-10(12)3-2-4-11(9)13/h2-4,8,15H,5,7H2,1H3. The molecule has 0 radical (unpaired) electrons. The highest BCUT2D eigenvalue weighted by molar-refractivity contribution is 5.19. The Bertz CT molecular complexity index is 351. The largest absolute Gasteiger partial charge is 0.309 e. The van der Waals surface area contributed by atoms with Crippen LogP contribution in [0.2, 0.25) is 0 Å². The number of rotatable bonds is 4. The molecule has 0 aliphatic heterocycles. The summed E-state index contributed by atoms with van der Waals surface area (Å²) < 4.78 is 26.3. The fourth-order valence-electron chi connectivity index (χ4n) is 1.19. The number of nitriles is 1. The molecule has 80 valence electrons. The Morgan fingerprint density at radius 3 is 2.53 bits per heavy atom. The zero-order valence-electron chi connectivity index (χ0n) is 8.43. The lowest BCUT2D eigenvalue weighted by atomic mass is 10.1. The van der Waals surface area contributed by atoms with E-state index in [-0.39, 0.29) is 18.2 Å². The van der Waals surface area contributed by atoms with Crippen LogP contribution in [0.25, 0.3) is 0 Å². The molecule has 0 aliphatic rings. The fraction of sp³-hybridized carbons (Fsp3) is 0.364. The predicted octanol–water partition coefficient (Wildman–Crippen LogP) is 2.36. The number of benzene rings is 1. The molecule has 1 N–H and O–H groups in total. The lowest BCUT2D eigenvalue weighted by Crippen LogP contribution is -2.25. The highest BCUT2D eigenvalue weighted by Gasteiger charge is 2.09. The molecule has 0 fully saturated rings. The summed E-state index contributed by atoms with van der Waals surface area (Å²) in [7, 11) is 0. The van der Waals surface area contributed by atoms with E-state index in [0.29, 0.717) is 6.42 Å². The number of nitrogens with one attached hydrogen (secondary N) is 1. The first-order valence-corrected chi connectivity index (χ1v) is 4.68. The van der Waals surface area contributed by atoms with Gasteiger partial charge in [0.2, 0.25) is 0 Å². The Kier molecular flexibility index (Phi) is 4.19. The van der Waals surface area contributed by atoms with Gasteiger partial charge in [-0.1, -0.05) is 6.07 Å². The first-order chi connectivity index (χ1) is 7.15. The van der Waals surface area contributed by atoms with Gasteiger partial charge in [-0.15, -0.1) is 0 Å². The summed E-state index contributed by atoms with van der Waals surface area (Å²) >= 11 is 0. The van der Waals surface area contributed by atoms with E-state index in [1.54, 1.807) is 6.92 Å². The molecule has 1 aromatic carbocycles. The van der Waals surface area contributed by atoms with Crippen molar-refractivity contribution in [2.75, 3.05) is 0 Å². The molecule has 0 heterocycles. The molecule has 15 heavy (non-hydrogen) atoms. The summed E-state index contributed by atoms with van der Waals surface area (Å²) in [6.07, 6.45) is 0.316. The van der Waals surface area contributed by atoms with Crippen molar-refractivity contribution < 1.29 is 8.78 Å². The monoisotopic (exact) mass is 210 g/mol. The van der Waals surface area contributed by atoms with E-state index in [9.17, 15) is 8.78 Å². The van der Waals surface area contributed by atoms with Gasteiger partial charge in [-0.05, 0) is 19.1 Å². The van der Waals surface area contributed by atoms with Crippen LogP contribution in [-0.4, -0.2) is 6.04 Å². The molecule has 1 unspecified atom stereocenters. The molecule has 4 heteroatoms. The molecule has 1 atom stereocenters. The Labute approximate surface area is 87.5 Å². The van der Waals surface area contributed by atoms with Crippen LogP contribution in [0.15, 0.2) is 18.2 Å². The van der Waals surface area contributed by atoms with Crippen LogP contribution >= 0.6 is 0 Å². The molecule has 0 spiro atoms. The van der Waals surface area contributed by atoms with Crippen molar-refractivity contribution in [3.05, 3.63) is 35.4 Å². The summed E-state index contributed by atoms with van der Waals surface area (Å²) in [6, 6.07) is 5.67. The highest BCUT2D eigenvalue weighted by atomic mass is 19.1. The second kappa shape index (κ2) is 5.42. The third-order valence-electron chi connectivity index (χ3n) is 2.09. The molecule has 0 saturated heterocycles. The Morgan fingerprint density at radius 1 is 1.40 bits per heavy atom. The minimum absolute atomic E-state index is 0.0160. The van der Waals surface area contributed by atoms with E-state index in [2.05, 4.69) is 5.32 Å². The van der Waals surface area contributed by atoms with Crippen LogP contribution in [0, 0.1) is 23.0 Å². The Morgan fingerprint density at radius 2 is 2.00 bits per heavy atom. The van der Waals surface area contributed by atoms with Crippen LogP contribution in [0.4, 0.5) is 8.78 Å². The van der Waals surface area contributed by atoms with Gasteiger partial charge in [-0.25, -0.2) is 8.78 Å². The molecular weight excluding hydrogens is 198 g/mol. The van der Waals surface area contributed by atoms with Crippen LogP contribution in [0.3, 0.4) is 0 Å². The normalized spacial score (nSPS) is 12.1. The number of halogens is 2. The van der Waals surface area contributed by atoms with E-state index in [1.165, 1.54) is 18.2 Å². The maximum Gasteiger partial charge on any atom is 0.130 e. The average Bonchev–Trinajstić information content (AvgIpc) is 2.17. The van der Waals surface area contributed by atoms with Crippen LogP contribution < -0.4 is 5.32 Å². The van der Waals surface area contributed by atoms with Gasteiger partial charge in [0, 0.05) is 18.2 Å². The summed E-state index contributed by atoms with van der Waals surface area (Å²) in [5.41, 5.74) is 0.0160. The van der Waals surface area contributed by atoms with Crippen LogP contribution in [0.1, 0.15) is 18.9 Å². The van der Waals surface area contributed by atoms with Gasteiger partial charge in [-0.2, -0.15) is 5.26 Å². The first kappa shape index (κ1) is 11.6. The Balaban J connectivity index is 2.62.